The molecule has 0 radical (unpaired) electrons. The predicted octanol–water partition coefficient (Wildman–Crippen LogP) is 6.80. The van der Waals surface area contributed by atoms with Gasteiger partial charge in [0.15, 0.2) is 0 Å². The summed E-state index contributed by atoms with van der Waals surface area (Å²) in [5.74, 6) is -0.0113. The fourth-order valence-electron chi connectivity index (χ4n) is 5.85. The first-order valence-electron chi connectivity index (χ1n) is 15.0. The second-order valence-electron chi connectivity index (χ2n) is 11.5. The van der Waals surface area contributed by atoms with Crippen molar-refractivity contribution in [3.8, 4) is 17.6 Å². The van der Waals surface area contributed by atoms with E-state index in [0.717, 1.165) is 47.6 Å². The molecule has 2 fully saturated rings. The van der Waals surface area contributed by atoms with Crippen molar-refractivity contribution in [2.75, 3.05) is 28.2 Å². The van der Waals surface area contributed by atoms with Gasteiger partial charge in [0.05, 0.1) is 28.4 Å². The summed E-state index contributed by atoms with van der Waals surface area (Å²) in [6.07, 6.45) is 6.51. The maximum atomic E-state index is 14.1. The van der Waals surface area contributed by atoms with Crippen LogP contribution >= 0.6 is 11.3 Å². The number of aromatic nitrogens is 1. The molecule has 1 aliphatic carbocycles. The van der Waals surface area contributed by atoms with Crippen molar-refractivity contribution >= 4 is 61.5 Å². The van der Waals surface area contributed by atoms with E-state index in [4.69, 9.17) is 4.74 Å². The molecule has 2 N–H and O–H groups in total. The Morgan fingerprint density at radius 2 is 1.93 bits per heavy atom. The van der Waals surface area contributed by atoms with Crippen LogP contribution in [0, 0.1) is 30.1 Å². The lowest BCUT2D eigenvalue weighted by atomic mass is 9.97. The van der Waals surface area contributed by atoms with Gasteiger partial charge in [-0.15, -0.1) is 0 Å². The van der Waals surface area contributed by atoms with Crippen LogP contribution in [-0.4, -0.2) is 35.9 Å². The number of thiophene rings is 1. The van der Waals surface area contributed by atoms with Crippen LogP contribution in [0.15, 0.2) is 72.4 Å². The Hall–Kier alpha value is -5.05. The number of pyridine rings is 1. The summed E-state index contributed by atoms with van der Waals surface area (Å²) in [5.41, 5.74) is 2.31. The predicted molar refractivity (Wildman–Crippen MR) is 173 cm³/mol. The number of benzene rings is 2. The number of nitrogens with one attached hydrogen (secondary N) is 2. The normalized spacial score (nSPS) is 17.9. The quantitative estimate of drug-likeness (QED) is 0.172. The average molecular weight is 619 g/mol. The third-order valence-electron chi connectivity index (χ3n) is 8.26. The number of piperidine rings is 1. The first kappa shape index (κ1) is 28.7. The molecule has 226 valence electrons. The van der Waals surface area contributed by atoms with Gasteiger partial charge in [-0.25, -0.2) is 14.7 Å². The van der Waals surface area contributed by atoms with E-state index in [1.807, 2.05) is 61.5 Å². The van der Waals surface area contributed by atoms with Crippen LogP contribution in [0.3, 0.4) is 0 Å². The van der Waals surface area contributed by atoms with Crippen molar-refractivity contribution in [1.29, 1.82) is 5.26 Å². The minimum atomic E-state index is -0.675. The molecule has 2 aromatic carbocycles. The van der Waals surface area contributed by atoms with Crippen molar-refractivity contribution in [2.24, 2.45) is 11.8 Å². The molecule has 1 saturated heterocycles. The largest absolute Gasteiger partial charge is 0.457 e. The summed E-state index contributed by atoms with van der Waals surface area (Å²) in [7, 11) is 0. The van der Waals surface area contributed by atoms with Crippen LogP contribution in [0.25, 0.3) is 10.2 Å². The Morgan fingerprint density at radius 1 is 1.11 bits per heavy atom. The summed E-state index contributed by atoms with van der Waals surface area (Å²) in [6, 6.07) is 18.3. The molecule has 2 aromatic heterocycles. The topological polar surface area (TPSA) is 128 Å². The lowest BCUT2D eigenvalue weighted by Crippen LogP contribution is -2.46. The number of aryl methyl sites for hydroxylation is 1. The number of para-hydroxylation sites is 1. The standard InChI is InChI=1S/C34H30N6O4S/c1-20-16-25(44-24-7-3-2-4-8-24)11-12-26(20)39-27-13-15-37-30-28(27)29(38-34(39)43)33(45-30)40(31(41)22-6-5-14-36-19-22)32(42)23(18-35)17-21-9-10-21/h2-4,7-8,11-13,15-17,21-22,36H,5-6,9-10,14,19H2,1H3,(H,38,43)/b23-17+. The fourth-order valence-corrected chi connectivity index (χ4v) is 6.97. The van der Waals surface area contributed by atoms with E-state index in [1.165, 1.54) is 0 Å². The first-order valence-corrected chi connectivity index (χ1v) is 15.8. The summed E-state index contributed by atoms with van der Waals surface area (Å²) in [4.78, 5) is 49.7. The van der Waals surface area contributed by atoms with Gasteiger partial charge in [0.2, 0.25) is 5.91 Å². The number of imide groups is 1. The van der Waals surface area contributed by atoms with E-state index in [-0.39, 0.29) is 16.5 Å². The van der Waals surface area contributed by atoms with E-state index in [1.54, 1.807) is 23.2 Å². The lowest BCUT2D eigenvalue weighted by molar-refractivity contribution is -0.127. The van der Waals surface area contributed by atoms with E-state index in [9.17, 15) is 19.6 Å². The molecule has 4 heterocycles. The SMILES string of the molecule is Cc1cc(Oc2ccccc2)ccc1N1C(=O)Nc2c(N(C(=O)/C(C#N)=C/C3CC3)C(=O)C3CCCNC3)sc3nccc1c23. The summed E-state index contributed by atoms with van der Waals surface area (Å²) in [6.45, 7) is 3.14. The molecule has 1 unspecified atom stereocenters. The molecule has 3 aliphatic rings. The zero-order valence-electron chi connectivity index (χ0n) is 24.6. The van der Waals surface area contributed by atoms with Gasteiger partial charge in [0.25, 0.3) is 5.91 Å². The number of carbonyl (C=O) groups is 3. The van der Waals surface area contributed by atoms with Gasteiger partial charge in [0, 0.05) is 12.7 Å². The number of amides is 4. The fraction of sp³-hybridized carbons (Fsp3) is 0.265. The minimum absolute atomic E-state index is 0.0651. The summed E-state index contributed by atoms with van der Waals surface area (Å²) >= 11 is 1.16. The van der Waals surface area contributed by atoms with Gasteiger partial charge in [-0.3, -0.25) is 14.5 Å². The Labute approximate surface area is 263 Å². The van der Waals surface area contributed by atoms with E-state index in [2.05, 4.69) is 15.6 Å². The summed E-state index contributed by atoms with van der Waals surface area (Å²) in [5, 5.41) is 17.0. The van der Waals surface area contributed by atoms with Gasteiger partial charge in [-0.05, 0) is 87.0 Å². The summed E-state index contributed by atoms with van der Waals surface area (Å²) < 4.78 is 5.99. The van der Waals surface area contributed by atoms with Crippen LogP contribution in [-0.2, 0) is 9.59 Å². The zero-order chi connectivity index (χ0) is 31.1. The highest BCUT2D eigenvalue weighted by atomic mass is 32.1. The van der Waals surface area contributed by atoms with Crippen molar-refractivity contribution < 1.29 is 19.1 Å². The molecule has 11 heteroatoms. The molecule has 2 aliphatic heterocycles. The van der Waals surface area contributed by atoms with Crippen LogP contribution < -0.4 is 25.2 Å². The number of nitriles is 1. The third-order valence-corrected chi connectivity index (χ3v) is 9.35. The molecule has 4 amide bonds. The molecule has 1 saturated carbocycles. The van der Waals surface area contributed by atoms with Crippen LogP contribution in [0.4, 0.5) is 26.9 Å². The second kappa shape index (κ2) is 11.8. The highest BCUT2D eigenvalue weighted by molar-refractivity contribution is 7.24. The van der Waals surface area contributed by atoms with Gasteiger partial charge in [0.1, 0.15) is 33.0 Å². The first-order chi connectivity index (χ1) is 21.9. The van der Waals surface area contributed by atoms with Crippen molar-refractivity contribution in [2.45, 2.75) is 32.6 Å². The van der Waals surface area contributed by atoms with Gasteiger partial charge in [-0.2, -0.15) is 5.26 Å². The monoisotopic (exact) mass is 618 g/mol. The Kier molecular flexibility index (Phi) is 7.53. The second-order valence-corrected chi connectivity index (χ2v) is 12.5. The Bertz CT molecular complexity index is 1900. The van der Waals surface area contributed by atoms with Crippen molar-refractivity contribution in [1.82, 2.24) is 10.3 Å². The van der Waals surface area contributed by atoms with E-state index in [0.29, 0.717) is 51.7 Å². The van der Waals surface area contributed by atoms with E-state index >= 15 is 0 Å². The minimum Gasteiger partial charge on any atom is -0.457 e. The van der Waals surface area contributed by atoms with Crippen LogP contribution in [0.2, 0.25) is 0 Å². The Morgan fingerprint density at radius 3 is 2.64 bits per heavy atom. The van der Waals surface area contributed by atoms with Gasteiger partial charge in [-0.1, -0.05) is 35.6 Å². The number of ether oxygens (including phenoxy) is 1. The number of allylic oxidation sites excluding steroid dienone is 1. The Balaban J connectivity index is 1.30. The number of hydrogen-bond donors (Lipinski definition) is 2. The molecule has 1 atom stereocenters. The van der Waals surface area contributed by atoms with Crippen molar-refractivity contribution in [3.63, 3.8) is 0 Å². The highest BCUT2D eigenvalue weighted by Gasteiger charge is 2.40. The number of anilines is 4. The zero-order valence-corrected chi connectivity index (χ0v) is 25.4. The lowest BCUT2D eigenvalue weighted by Gasteiger charge is -2.31. The number of hydrogen-bond acceptors (Lipinski definition) is 8. The molecule has 0 bridgehead atoms. The molecule has 10 nitrogen and oxygen atoms in total. The van der Waals surface area contributed by atoms with Crippen LogP contribution in [0.5, 0.6) is 11.5 Å². The van der Waals surface area contributed by atoms with Gasteiger partial charge >= 0.3 is 6.03 Å². The maximum absolute atomic E-state index is 14.1. The molecular formula is C34H30N6O4S. The average Bonchev–Trinajstić information content (AvgIpc) is 3.82. The molecule has 7 rings (SSSR count). The van der Waals surface area contributed by atoms with E-state index < -0.39 is 23.8 Å². The van der Waals surface area contributed by atoms with Crippen LogP contribution in [0.1, 0.15) is 31.2 Å². The smallest absolute Gasteiger partial charge is 0.331 e. The number of carbonyl (C=O) groups excluding carboxylic acids is 3. The van der Waals surface area contributed by atoms with Crippen molar-refractivity contribution in [3.05, 3.63) is 78.0 Å². The number of nitrogens with zero attached hydrogens (tertiary/aromatic N) is 4. The number of rotatable bonds is 7. The molecule has 0 spiro atoms. The molecular weight excluding hydrogens is 588 g/mol. The third kappa shape index (κ3) is 5.43. The molecule has 45 heavy (non-hydrogen) atoms. The highest BCUT2D eigenvalue weighted by Crippen LogP contribution is 2.51. The molecule has 4 aromatic rings. The van der Waals surface area contributed by atoms with Gasteiger partial charge < -0.3 is 15.4 Å². The maximum Gasteiger partial charge on any atom is 0.331 e. The number of urea groups is 1.